The van der Waals surface area contributed by atoms with Crippen molar-refractivity contribution in [1.82, 2.24) is 20.0 Å². The molecule has 1 fully saturated rings. The minimum absolute atomic E-state index is 0.103. The quantitative estimate of drug-likeness (QED) is 0.669. The first kappa shape index (κ1) is 20.0. The number of nitrogens with zero attached hydrogens (tertiary/aromatic N) is 4. The van der Waals surface area contributed by atoms with Crippen LogP contribution in [0.3, 0.4) is 0 Å². The molecule has 1 aliphatic heterocycles. The van der Waals surface area contributed by atoms with Crippen molar-refractivity contribution in [2.45, 2.75) is 25.4 Å². The van der Waals surface area contributed by atoms with Gasteiger partial charge in [-0.15, -0.1) is 0 Å². The van der Waals surface area contributed by atoms with E-state index in [2.05, 4.69) is 15.6 Å². The zero-order valence-corrected chi connectivity index (χ0v) is 16.9. The molecule has 30 heavy (non-hydrogen) atoms. The van der Waals surface area contributed by atoms with Gasteiger partial charge >= 0.3 is 6.03 Å². The Bertz CT molecular complexity index is 1120. The third kappa shape index (κ3) is 4.47. The summed E-state index contributed by atoms with van der Waals surface area (Å²) in [5.74, 6) is -0.425. The Morgan fingerprint density at radius 1 is 1.33 bits per heavy atom. The van der Waals surface area contributed by atoms with Gasteiger partial charge in [0.15, 0.2) is 0 Å². The molecule has 0 saturated carbocycles. The molecule has 1 aromatic carbocycles. The van der Waals surface area contributed by atoms with E-state index in [1.54, 1.807) is 24.4 Å². The molecule has 0 bridgehead atoms. The highest BCUT2D eigenvalue weighted by molar-refractivity contribution is 6.30. The van der Waals surface area contributed by atoms with Crippen molar-refractivity contribution >= 4 is 29.0 Å². The molecule has 2 amide bonds. The molecule has 4 rings (SSSR count). The van der Waals surface area contributed by atoms with Crippen LogP contribution in [-0.4, -0.2) is 34.5 Å². The Morgan fingerprint density at radius 2 is 2.20 bits per heavy atom. The molecule has 1 aliphatic rings. The zero-order chi connectivity index (χ0) is 21.1. The highest BCUT2D eigenvalue weighted by Crippen LogP contribution is 2.24. The van der Waals surface area contributed by atoms with Crippen molar-refractivity contribution in [3.8, 4) is 6.07 Å². The molecule has 0 radical (unpaired) electrons. The van der Waals surface area contributed by atoms with Gasteiger partial charge < -0.3 is 19.9 Å². The number of aromatic nitrogens is 2. The summed E-state index contributed by atoms with van der Waals surface area (Å²) in [6.07, 6.45) is 5.22. The third-order valence-electron chi connectivity index (χ3n) is 5.07. The minimum Gasteiger partial charge on any atom is -0.367 e. The zero-order valence-electron chi connectivity index (χ0n) is 16.1. The number of urea groups is 1. The fraction of sp³-hybridized carbons (Fsp3) is 0.286. The number of carbonyl (C=O) groups excluding carboxylic acids is 1. The van der Waals surface area contributed by atoms with Crippen LogP contribution < -0.4 is 15.5 Å². The van der Waals surface area contributed by atoms with Gasteiger partial charge in [0.25, 0.3) is 0 Å². The monoisotopic (exact) mass is 426 g/mol. The first-order valence-corrected chi connectivity index (χ1v) is 10.0. The van der Waals surface area contributed by atoms with Crippen LogP contribution in [0.2, 0.25) is 5.02 Å². The second kappa shape index (κ2) is 8.59. The summed E-state index contributed by atoms with van der Waals surface area (Å²) < 4.78 is 16.1. The Hall–Kier alpha value is -3.31. The van der Waals surface area contributed by atoms with Crippen LogP contribution in [-0.2, 0) is 6.54 Å². The van der Waals surface area contributed by atoms with Crippen LogP contribution in [0.5, 0.6) is 0 Å². The van der Waals surface area contributed by atoms with E-state index in [9.17, 15) is 9.18 Å². The number of hydrogen-bond acceptors (Lipinski definition) is 4. The lowest BCUT2D eigenvalue weighted by molar-refractivity contribution is 0.234. The molecule has 3 heterocycles. The maximum absolute atomic E-state index is 14.3. The molecular formula is C21H20ClFN6O. The van der Waals surface area contributed by atoms with Gasteiger partial charge in [-0.25, -0.2) is 14.2 Å². The SMILES string of the molecule is N#Cc1ccc(N2CCCC(NC(=O)NCc3cn4cc(Cl)ccc4n3)C2)c(F)c1. The largest absolute Gasteiger partial charge is 0.367 e. The first-order valence-electron chi connectivity index (χ1n) is 9.64. The average Bonchev–Trinajstić information content (AvgIpc) is 3.14. The topological polar surface area (TPSA) is 85.5 Å². The van der Waals surface area contributed by atoms with Crippen molar-refractivity contribution in [2.24, 2.45) is 0 Å². The van der Waals surface area contributed by atoms with Crippen LogP contribution in [0.4, 0.5) is 14.9 Å². The van der Waals surface area contributed by atoms with E-state index in [1.807, 2.05) is 27.6 Å². The Kier molecular flexibility index (Phi) is 5.72. The standard InChI is InChI=1S/C21H20ClFN6O/c22-15-4-6-20-26-17(13-29(20)11-15)10-25-21(30)27-16-2-1-7-28(12-16)19-5-3-14(9-24)8-18(19)23/h3-6,8,11,13,16H,1-2,7,10,12H2,(H2,25,27,30). The molecule has 0 spiro atoms. The fourth-order valence-corrected chi connectivity index (χ4v) is 3.82. The van der Waals surface area contributed by atoms with Crippen LogP contribution in [0.15, 0.2) is 42.7 Å². The Balaban J connectivity index is 1.33. The number of benzene rings is 1. The predicted molar refractivity (Wildman–Crippen MR) is 112 cm³/mol. The molecule has 2 N–H and O–H groups in total. The first-order chi connectivity index (χ1) is 14.5. The van der Waals surface area contributed by atoms with Crippen molar-refractivity contribution in [3.05, 3.63) is 64.8 Å². The highest BCUT2D eigenvalue weighted by Gasteiger charge is 2.23. The highest BCUT2D eigenvalue weighted by atomic mass is 35.5. The number of anilines is 1. The second-order valence-electron chi connectivity index (χ2n) is 7.24. The summed E-state index contributed by atoms with van der Waals surface area (Å²) in [7, 11) is 0. The van der Waals surface area contributed by atoms with Gasteiger partial charge in [-0.2, -0.15) is 5.26 Å². The summed E-state index contributed by atoms with van der Waals surface area (Å²) in [6.45, 7) is 1.49. The van der Waals surface area contributed by atoms with Crippen molar-refractivity contribution in [2.75, 3.05) is 18.0 Å². The van der Waals surface area contributed by atoms with Crippen LogP contribution in [0.25, 0.3) is 5.65 Å². The predicted octanol–water partition coefficient (Wildman–Crippen LogP) is 3.47. The molecule has 7 nitrogen and oxygen atoms in total. The van der Waals surface area contributed by atoms with Gasteiger partial charge in [0.05, 0.1) is 34.6 Å². The van der Waals surface area contributed by atoms with Crippen LogP contribution in [0, 0.1) is 17.1 Å². The average molecular weight is 427 g/mol. The Labute approximate surface area is 178 Å². The van der Waals surface area contributed by atoms with Crippen molar-refractivity contribution < 1.29 is 9.18 Å². The van der Waals surface area contributed by atoms with Gasteiger partial charge in [0.1, 0.15) is 11.5 Å². The van der Waals surface area contributed by atoms with E-state index in [0.717, 1.165) is 24.2 Å². The van der Waals surface area contributed by atoms with E-state index < -0.39 is 5.82 Å². The number of hydrogen-bond donors (Lipinski definition) is 2. The summed E-state index contributed by atoms with van der Waals surface area (Å²) >= 11 is 5.97. The van der Waals surface area contributed by atoms with E-state index >= 15 is 0 Å². The molecule has 2 aromatic heterocycles. The number of nitriles is 1. The van der Waals surface area contributed by atoms with Crippen molar-refractivity contribution in [3.63, 3.8) is 0 Å². The number of amides is 2. The minimum atomic E-state index is -0.425. The van der Waals surface area contributed by atoms with Crippen LogP contribution >= 0.6 is 11.6 Å². The molecule has 1 saturated heterocycles. The smallest absolute Gasteiger partial charge is 0.315 e. The lowest BCUT2D eigenvalue weighted by atomic mass is 10.0. The molecule has 1 unspecified atom stereocenters. The molecule has 3 aromatic rings. The number of piperidine rings is 1. The van der Waals surface area contributed by atoms with E-state index in [4.69, 9.17) is 16.9 Å². The van der Waals surface area contributed by atoms with Gasteiger partial charge in [-0.1, -0.05) is 11.6 Å². The summed E-state index contributed by atoms with van der Waals surface area (Å²) in [6, 6.07) is 9.57. The lowest BCUT2D eigenvalue weighted by Crippen LogP contribution is -2.50. The second-order valence-corrected chi connectivity index (χ2v) is 7.67. The number of fused-ring (bicyclic) bond motifs is 1. The maximum atomic E-state index is 14.3. The van der Waals surface area contributed by atoms with Gasteiger partial charge in [-0.05, 0) is 43.2 Å². The number of pyridine rings is 1. The van der Waals surface area contributed by atoms with Crippen molar-refractivity contribution in [1.29, 1.82) is 5.26 Å². The Morgan fingerprint density at radius 3 is 3.00 bits per heavy atom. The molecule has 9 heteroatoms. The summed E-state index contributed by atoms with van der Waals surface area (Å²) in [4.78, 5) is 18.7. The van der Waals surface area contributed by atoms with E-state index in [0.29, 0.717) is 23.8 Å². The lowest BCUT2D eigenvalue weighted by Gasteiger charge is -2.34. The number of carbonyl (C=O) groups is 1. The molecular weight excluding hydrogens is 407 g/mol. The number of halogens is 2. The van der Waals surface area contributed by atoms with Crippen LogP contribution in [0.1, 0.15) is 24.1 Å². The van der Waals surface area contributed by atoms with Gasteiger partial charge in [-0.3, -0.25) is 0 Å². The third-order valence-corrected chi connectivity index (χ3v) is 5.29. The number of rotatable bonds is 4. The van der Waals surface area contributed by atoms with Gasteiger partial charge in [0, 0.05) is 31.5 Å². The fourth-order valence-electron chi connectivity index (χ4n) is 3.66. The van der Waals surface area contributed by atoms with E-state index in [-0.39, 0.29) is 24.2 Å². The van der Waals surface area contributed by atoms with E-state index in [1.165, 1.54) is 6.07 Å². The maximum Gasteiger partial charge on any atom is 0.315 e. The summed E-state index contributed by atoms with van der Waals surface area (Å²) in [5, 5.41) is 15.3. The number of nitrogens with one attached hydrogen (secondary N) is 2. The molecule has 154 valence electrons. The molecule has 1 atom stereocenters. The van der Waals surface area contributed by atoms with Gasteiger partial charge in [0.2, 0.25) is 0 Å². The summed E-state index contributed by atoms with van der Waals surface area (Å²) in [5.41, 5.74) is 2.21. The molecule has 0 aliphatic carbocycles. The number of imidazole rings is 1. The normalized spacial score (nSPS) is 16.3.